The van der Waals surface area contributed by atoms with Crippen LogP contribution in [0.5, 0.6) is 0 Å². The molecule has 0 aliphatic carbocycles. The third kappa shape index (κ3) is 4.32. The first-order valence-electron chi connectivity index (χ1n) is 7.11. The van der Waals surface area contributed by atoms with Crippen molar-refractivity contribution in [3.63, 3.8) is 0 Å². The van der Waals surface area contributed by atoms with Crippen molar-refractivity contribution in [3.05, 3.63) is 83.9 Å². The first kappa shape index (κ1) is 15.0. The van der Waals surface area contributed by atoms with E-state index in [-0.39, 0.29) is 11.9 Å². The summed E-state index contributed by atoms with van der Waals surface area (Å²) in [6.45, 7) is 5.93. The second-order valence-electron chi connectivity index (χ2n) is 5.05. The van der Waals surface area contributed by atoms with E-state index in [4.69, 9.17) is 4.74 Å². The molecule has 2 aromatic carbocycles. The number of rotatable bonds is 6. The predicted molar refractivity (Wildman–Crippen MR) is 85.0 cm³/mol. The molecule has 108 valence electrons. The van der Waals surface area contributed by atoms with Gasteiger partial charge in [0.05, 0.1) is 5.92 Å². The third-order valence-electron chi connectivity index (χ3n) is 3.41. The van der Waals surface area contributed by atoms with Gasteiger partial charge in [-0.2, -0.15) is 0 Å². The molecule has 0 amide bonds. The third-order valence-corrected chi connectivity index (χ3v) is 3.41. The molecule has 2 aromatic rings. The summed E-state index contributed by atoms with van der Waals surface area (Å²) in [5.41, 5.74) is 3.14. The minimum atomic E-state index is -0.265. The molecule has 0 bridgehead atoms. The number of carbonyl (C=O) groups is 1. The van der Waals surface area contributed by atoms with E-state index in [1.165, 1.54) is 0 Å². The molecule has 0 radical (unpaired) electrons. The number of hydrogen-bond donors (Lipinski definition) is 0. The molecule has 1 atom stereocenters. The molecule has 2 rings (SSSR count). The monoisotopic (exact) mass is 280 g/mol. The average molecular weight is 280 g/mol. The smallest absolute Gasteiger partial charge is 0.313 e. The molecule has 0 N–H and O–H groups in total. The van der Waals surface area contributed by atoms with E-state index in [9.17, 15) is 4.79 Å². The Labute approximate surface area is 126 Å². The van der Waals surface area contributed by atoms with Crippen LogP contribution >= 0.6 is 0 Å². The number of allylic oxidation sites excluding steroid dienone is 1. The Balaban J connectivity index is 1.98. The van der Waals surface area contributed by atoms with Crippen molar-refractivity contribution in [1.29, 1.82) is 0 Å². The molecular formula is C19H20O2. The number of benzene rings is 2. The van der Waals surface area contributed by atoms with Crippen LogP contribution in [0.4, 0.5) is 0 Å². The molecule has 2 heteroatoms. The van der Waals surface area contributed by atoms with Gasteiger partial charge in [0.1, 0.15) is 6.61 Å². The van der Waals surface area contributed by atoms with Crippen molar-refractivity contribution in [2.24, 2.45) is 0 Å². The van der Waals surface area contributed by atoms with Crippen molar-refractivity contribution in [2.75, 3.05) is 0 Å². The van der Waals surface area contributed by atoms with Crippen LogP contribution in [-0.2, 0) is 22.6 Å². The van der Waals surface area contributed by atoms with Crippen LogP contribution < -0.4 is 0 Å². The van der Waals surface area contributed by atoms with Crippen LogP contribution in [0.1, 0.15) is 29.5 Å². The minimum absolute atomic E-state index is 0.199. The summed E-state index contributed by atoms with van der Waals surface area (Å²) >= 11 is 0. The van der Waals surface area contributed by atoms with E-state index in [2.05, 4.69) is 6.58 Å². The Morgan fingerprint density at radius 1 is 1.14 bits per heavy atom. The van der Waals surface area contributed by atoms with Gasteiger partial charge in [-0.3, -0.25) is 4.79 Å². The first-order chi connectivity index (χ1) is 10.2. The van der Waals surface area contributed by atoms with Crippen LogP contribution in [0.3, 0.4) is 0 Å². The molecule has 0 fully saturated rings. The minimum Gasteiger partial charge on any atom is -0.460 e. The van der Waals surface area contributed by atoms with Gasteiger partial charge in [0.25, 0.3) is 0 Å². The lowest BCUT2D eigenvalue weighted by Gasteiger charge is -2.13. The van der Waals surface area contributed by atoms with E-state index < -0.39 is 0 Å². The van der Waals surface area contributed by atoms with Gasteiger partial charge >= 0.3 is 5.97 Å². The highest BCUT2D eigenvalue weighted by Gasteiger charge is 2.17. The van der Waals surface area contributed by atoms with Gasteiger partial charge in [-0.05, 0) is 30.0 Å². The molecule has 1 unspecified atom stereocenters. The molecule has 0 aromatic heterocycles. The average Bonchev–Trinajstić information content (AvgIpc) is 2.53. The number of esters is 1. The Morgan fingerprint density at radius 2 is 1.86 bits per heavy atom. The molecule has 0 saturated heterocycles. The molecule has 0 aliphatic heterocycles. The standard InChI is InChI=1S/C19H20O2/c1-3-8-16-11-7-12-18(13-16)15(2)19(20)21-14-17-9-5-4-6-10-17/h3-7,9-13,15H,1,8,14H2,2H3. The zero-order valence-electron chi connectivity index (χ0n) is 12.3. The van der Waals surface area contributed by atoms with Crippen molar-refractivity contribution in [2.45, 2.75) is 25.9 Å². The van der Waals surface area contributed by atoms with Crippen LogP contribution in [-0.4, -0.2) is 5.97 Å². The maximum Gasteiger partial charge on any atom is 0.313 e. The number of ether oxygens (including phenoxy) is 1. The Kier molecular flexibility index (Phi) is 5.33. The maximum absolute atomic E-state index is 12.1. The van der Waals surface area contributed by atoms with Gasteiger partial charge in [-0.1, -0.05) is 60.7 Å². The van der Waals surface area contributed by atoms with Gasteiger partial charge in [-0.15, -0.1) is 6.58 Å². The lowest BCUT2D eigenvalue weighted by molar-refractivity contribution is -0.146. The Hall–Kier alpha value is -2.35. The lowest BCUT2D eigenvalue weighted by atomic mass is 9.98. The molecular weight excluding hydrogens is 260 g/mol. The van der Waals surface area contributed by atoms with Gasteiger partial charge in [-0.25, -0.2) is 0 Å². The van der Waals surface area contributed by atoms with Crippen LogP contribution in [0, 0.1) is 0 Å². The van der Waals surface area contributed by atoms with Gasteiger partial charge in [0.15, 0.2) is 0 Å². The summed E-state index contributed by atoms with van der Waals surface area (Å²) in [5, 5.41) is 0. The first-order valence-corrected chi connectivity index (χ1v) is 7.11. The Bertz CT molecular complexity index is 602. The van der Waals surface area contributed by atoms with Crippen LogP contribution in [0.2, 0.25) is 0 Å². The summed E-state index contributed by atoms with van der Waals surface area (Å²) in [5.74, 6) is -0.465. The fourth-order valence-corrected chi connectivity index (χ4v) is 2.15. The number of carbonyl (C=O) groups excluding carboxylic acids is 1. The maximum atomic E-state index is 12.1. The van der Waals surface area contributed by atoms with E-state index in [1.807, 2.05) is 67.6 Å². The van der Waals surface area contributed by atoms with Gasteiger partial charge in [0, 0.05) is 0 Å². The normalized spacial score (nSPS) is 11.7. The fourth-order valence-electron chi connectivity index (χ4n) is 2.15. The van der Waals surface area contributed by atoms with E-state index in [0.29, 0.717) is 6.61 Å². The van der Waals surface area contributed by atoms with Gasteiger partial charge in [0.2, 0.25) is 0 Å². The van der Waals surface area contributed by atoms with Crippen LogP contribution in [0.15, 0.2) is 67.3 Å². The quantitative estimate of drug-likeness (QED) is 0.583. The van der Waals surface area contributed by atoms with Crippen molar-refractivity contribution < 1.29 is 9.53 Å². The lowest BCUT2D eigenvalue weighted by Crippen LogP contribution is -2.13. The van der Waals surface area contributed by atoms with E-state index >= 15 is 0 Å². The highest BCUT2D eigenvalue weighted by molar-refractivity contribution is 5.77. The van der Waals surface area contributed by atoms with Gasteiger partial charge < -0.3 is 4.74 Å². The number of hydrogen-bond acceptors (Lipinski definition) is 2. The molecule has 2 nitrogen and oxygen atoms in total. The van der Waals surface area contributed by atoms with Crippen molar-refractivity contribution in [1.82, 2.24) is 0 Å². The van der Waals surface area contributed by atoms with Crippen molar-refractivity contribution in [3.8, 4) is 0 Å². The fraction of sp³-hybridized carbons (Fsp3) is 0.211. The topological polar surface area (TPSA) is 26.3 Å². The highest BCUT2D eigenvalue weighted by atomic mass is 16.5. The summed E-state index contributed by atoms with van der Waals surface area (Å²) in [6, 6.07) is 17.7. The molecule has 0 saturated carbocycles. The summed E-state index contributed by atoms with van der Waals surface area (Å²) < 4.78 is 5.39. The highest BCUT2D eigenvalue weighted by Crippen LogP contribution is 2.19. The second kappa shape index (κ2) is 7.44. The second-order valence-corrected chi connectivity index (χ2v) is 5.05. The molecule has 0 heterocycles. The predicted octanol–water partition coefficient (Wildman–Crippen LogP) is 4.26. The molecule has 0 aliphatic rings. The zero-order chi connectivity index (χ0) is 15.1. The molecule has 0 spiro atoms. The zero-order valence-corrected chi connectivity index (χ0v) is 12.3. The molecule has 21 heavy (non-hydrogen) atoms. The van der Waals surface area contributed by atoms with E-state index in [1.54, 1.807) is 0 Å². The SMILES string of the molecule is C=CCc1cccc(C(C)C(=O)OCc2ccccc2)c1. The summed E-state index contributed by atoms with van der Waals surface area (Å²) in [7, 11) is 0. The Morgan fingerprint density at radius 3 is 2.57 bits per heavy atom. The van der Waals surface area contributed by atoms with Crippen LogP contribution in [0.25, 0.3) is 0 Å². The van der Waals surface area contributed by atoms with Crippen molar-refractivity contribution >= 4 is 5.97 Å². The van der Waals surface area contributed by atoms with E-state index in [0.717, 1.165) is 23.1 Å². The largest absolute Gasteiger partial charge is 0.460 e. The summed E-state index contributed by atoms with van der Waals surface area (Å²) in [4.78, 5) is 12.1. The summed E-state index contributed by atoms with van der Waals surface area (Å²) in [6.07, 6.45) is 2.66.